The molecule has 0 saturated carbocycles. The molecule has 2 saturated heterocycles. The molecule has 1 atom stereocenters. The second-order valence-corrected chi connectivity index (χ2v) is 2.82. The van der Waals surface area contributed by atoms with E-state index in [0.717, 1.165) is 25.1 Å². The molecule has 0 bridgehead atoms. The van der Waals surface area contributed by atoms with E-state index in [4.69, 9.17) is 5.11 Å². The van der Waals surface area contributed by atoms with Crippen LogP contribution in [0.2, 0.25) is 0 Å². The first-order chi connectivity index (χ1) is 4.77. The zero-order chi connectivity index (χ0) is 7.14. The van der Waals surface area contributed by atoms with Crippen LogP contribution in [0.15, 0.2) is 11.8 Å². The highest BCUT2D eigenvalue weighted by molar-refractivity contribution is 5.80. The van der Waals surface area contributed by atoms with Crippen LogP contribution in [-0.2, 0) is 4.79 Å². The summed E-state index contributed by atoms with van der Waals surface area (Å²) in [4.78, 5) is 12.4. The number of carboxylic acid groups (broad SMARTS) is 1. The van der Waals surface area contributed by atoms with E-state index >= 15 is 0 Å². The number of fused-ring (bicyclic) bond motifs is 1. The van der Waals surface area contributed by atoms with Crippen LogP contribution in [0, 0.1) is 0 Å². The lowest BCUT2D eigenvalue weighted by Crippen LogP contribution is -1.97. The van der Waals surface area contributed by atoms with Gasteiger partial charge in [0.1, 0.15) is 0 Å². The third kappa shape index (κ3) is 0.781. The van der Waals surface area contributed by atoms with Gasteiger partial charge in [-0.2, -0.15) is 0 Å². The molecule has 0 aliphatic carbocycles. The predicted molar refractivity (Wildman–Crippen MR) is 35.4 cm³/mol. The van der Waals surface area contributed by atoms with Gasteiger partial charge in [-0.05, 0) is 12.8 Å². The average Bonchev–Trinajstić information content (AvgIpc) is 2.52. The fourth-order valence-electron chi connectivity index (χ4n) is 1.53. The Hall–Kier alpha value is -0.990. The standard InChI is InChI=1S/C7H9NO2/c9-7(10)3-5-1-2-6-4-8(5)6/h3,6H,1-2,4H2,(H,9,10)/b5-3-. The molecule has 0 radical (unpaired) electrons. The molecule has 0 aromatic carbocycles. The number of aliphatic carboxylic acids is 1. The van der Waals surface area contributed by atoms with Gasteiger partial charge in [-0.1, -0.05) is 0 Å². The predicted octanol–water partition coefficient (Wildman–Crippen LogP) is 0.433. The molecule has 10 heavy (non-hydrogen) atoms. The van der Waals surface area contributed by atoms with Crippen molar-refractivity contribution in [2.45, 2.75) is 18.9 Å². The maximum Gasteiger partial charge on any atom is 0.330 e. The maximum absolute atomic E-state index is 10.2. The van der Waals surface area contributed by atoms with Gasteiger partial charge in [0.2, 0.25) is 0 Å². The summed E-state index contributed by atoms with van der Waals surface area (Å²) in [5, 5.41) is 8.41. The topological polar surface area (TPSA) is 40.3 Å². The number of rotatable bonds is 1. The van der Waals surface area contributed by atoms with Gasteiger partial charge >= 0.3 is 5.97 Å². The first-order valence-corrected chi connectivity index (χ1v) is 3.47. The molecule has 0 aromatic rings. The quantitative estimate of drug-likeness (QED) is 0.423. The van der Waals surface area contributed by atoms with E-state index in [9.17, 15) is 4.79 Å². The van der Waals surface area contributed by atoms with Crippen LogP contribution in [0.25, 0.3) is 0 Å². The summed E-state index contributed by atoms with van der Waals surface area (Å²) in [5.74, 6) is -0.817. The summed E-state index contributed by atoms with van der Waals surface area (Å²) >= 11 is 0. The molecule has 1 unspecified atom stereocenters. The van der Waals surface area contributed by atoms with E-state index in [0.29, 0.717) is 6.04 Å². The van der Waals surface area contributed by atoms with Gasteiger partial charge < -0.3 is 10.0 Å². The van der Waals surface area contributed by atoms with Crippen LogP contribution < -0.4 is 0 Å². The second-order valence-electron chi connectivity index (χ2n) is 2.82. The van der Waals surface area contributed by atoms with Crippen LogP contribution in [0.3, 0.4) is 0 Å². The molecule has 54 valence electrons. The highest BCUT2D eigenvalue weighted by Crippen LogP contribution is 2.37. The lowest BCUT2D eigenvalue weighted by atomic mass is 10.2. The molecule has 3 nitrogen and oxygen atoms in total. The second kappa shape index (κ2) is 1.75. The van der Waals surface area contributed by atoms with Gasteiger partial charge in [0.25, 0.3) is 0 Å². The third-order valence-corrected chi connectivity index (χ3v) is 2.11. The molecule has 2 fully saturated rings. The normalized spacial score (nSPS) is 32.6. The van der Waals surface area contributed by atoms with Gasteiger partial charge in [0, 0.05) is 24.4 Å². The molecular weight excluding hydrogens is 130 g/mol. The average molecular weight is 139 g/mol. The van der Waals surface area contributed by atoms with E-state index in [1.807, 2.05) is 0 Å². The molecule has 2 aliphatic heterocycles. The van der Waals surface area contributed by atoms with E-state index in [1.54, 1.807) is 0 Å². The van der Waals surface area contributed by atoms with Gasteiger partial charge in [-0.15, -0.1) is 0 Å². The molecular formula is C7H9NO2. The maximum atomic E-state index is 10.2. The van der Waals surface area contributed by atoms with Crippen molar-refractivity contribution in [1.82, 2.24) is 4.90 Å². The Labute approximate surface area is 58.9 Å². The van der Waals surface area contributed by atoms with E-state index in [-0.39, 0.29) is 0 Å². The summed E-state index contributed by atoms with van der Waals surface area (Å²) in [5.41, 5.74) is 1.01. The SMILES string of the molecule is O=C(O)/C=C1/CCC2CN12. The minimum Gasteiger partial charge on any atom is -0.478 e. The van der Waals surface area contributed by atoms with E-state index in [2.05, 4.69) is 4.90 Å². The van der Waals surface area contributed by atoms with Crippen molar-refractivity contribution in [2.75, 3.05) is 6.54 Å². The minimum absolute atomic E-state index is 0.686. The zero-order valence-electron chi connectivity index (χ0n) is 5.58. The number of piperidine rings is 1. The van der Waals surface area contributed by atoms with Crippen LogP contribution in [-0.4, -0.2) is 28.6 Å². The first-order valence-electron chi connectivity index (χ1n) is 3.47. The Morgan fingerprint density at radius 3 is 3.00 bits per heavy atom. The number of carboxylic acids is 1. The Morgan fingerprint density at radius 2 is 2.60 bits per heavy atom. The minimum atomic E-state index is -0.817. The summed E-state index contributed by atoms with van der Waals surface area (Å²) in [6, 6.07) is 0.686. The molecule has 0 spiro atoms. The van der Waals surface area contributed by atoms with Gasteiger partial charge in [-0.3, -0.25) is 0 Å². The Balaban J connectivity index is 2.11. The van der Waals surface area contributed by atoms with Crippen molar-refractivity contribution in [3.8, 4) is 0 Å². The molecule has 1 N–H and O–H groups in total. The fraction of sp³-hybridized carbons (Fsp3) is 0.571. The highest BCUT2D eigenvalue weighted by Gasteiger charge is 2.40. The summed E-state index contributed by atoms with van der Waals surface area (Å²) < 4.78 is 0. The van der Waals surface area contributed by atoms with Crippen LogP contribution in [0.5, 0.6) is 0 Å². The summed E-state index contributed by atoms with van der Waals surface area (Å²) in [6.07, 6.45) is 3.43. The van der Waals surface area contributed by atoms with Crippen molar-refractivity contribution in [3.05, 3.63) is 11.8 Å². The molecule has 2 rings (SSSR count). The molecule has 2 heterocycles. The monoisotopic (exact) mass is 139 g/mol. The smallest absolute Gasteiger partial charge is 0.330 e. The molecule has 3 heteroatoms. The van der Waals surface area contributed by atoms with Crippen LogP contribution >= 0.6 is 0 Å². The number of carbonyl (C=O) groups is 1. The Bertz CT molecular complexity index is 210. The van der Waals surface area contributed by atoms with Crippen LogP contribution in [0.4, 0.5) is 0 Å². The molecule has 0 amide bonds. The van der Waals surface area contributed by atoms with Gasteiger partial charge in [-0.25, -0.2) is 4.79 Å². The Morgan fingerprint density at radius 1 is 1.80 bits per heavy atom. The van der Waals surface area contributed by atoms with Crippen molar-refractivity contribution in [1.29, 1.82) is 0 Å². The van der Waals surface area contributed by atoms with Crippen molar-refractivity contribution >= 4 is 5.97 Å². The summed E-state index contributed by atoms with van der Waals surface area (Å²) in [6.45, 7) is 1.08. The molecule has 0 aromatic heterocycles. The van der Waals surface area contributed by atoms with Gasteiger partial charge in [0.05, 0.1) is 0 Å². The highest BCUT2D eigenvalue weighted by atomic mass is 16.4. The fourth-order valence-corrected chi connectivity index (χ4v) is 1.53. The van der Waals surface area contributed by atoms with Crippen molar-refractivity contribution in [2.24, 2.45) is 0 Å². The number of allylic oxidation sites excluding steroid dienone is 1. The van der Waals surface area contributed by atoms with Crippen LogP contribution in [0.1, 0.15) is 12.8 Å². The van der Waals surface area contributed by atoms with Gasteiger partial charge in [0.15, 0.2) is 0 Å². The summed E-state index contributed by atoms with van der Waals surface area (Å²) in [7, 11) is 0. The number of hydrogen-bond acceptors (Lipinski definition) is 2. The number of hydrogen-bond donors (Lipinski definition) is 1. The van der Waals surface area contributed by atoms with E-state index in [1.165, 1.54) is 6.08 Å². The largest absolute Gasteiger partial charge is 0.478 e. The van der Waals surface area contributed by atoms with Crippen molar-refractivity contribution in [3.63, 3.8) is 0 Å². The lowest BCUT2D eigenvalue weighted by Gasteiger charge is -1.97. The lowest BCUT2D eigenvalue weighted by molar-refractivity contribution is -0.131. The zero-order valence-corrected chi connectivity index (χ0v) is 5.58. The van der Waals surface area contributed by atoms with Crippen molar-refractivity contribution < 1.29 is 9.90 Å². The third-order valence-electron chi connectivity index (χ3n) is 2.11. The first kappa shape index (κ1) is 5.77. The molecule has 2 aliphatic rings. The number of nitrogens with zero attached hydrogens (tertiary/aromatic N) is 1. The van der Waals surface area contributed by atoms with E-state index < -0.39 is 5.97 Å². The Kier molecular flexibility index (Phi) is 1.01.